The van der Waals surface area contributed by atoms with E-state index in [1.165, 1.54) is 6.33 Å². The molecule has 28 heavy (non-hydrogen) atoms. The molecular formula is C20H17BrN6O. The molecule has 0 spiro atoms. The van der Waals surface area contributed by atoms with Gasteiger partial charge in [0, 0.05) is 47.4 Å². The summed E-state index contributed by atoms with van der Waals surface area (Å²) in [6, 6.07) is 9.82. The van der Waals surface area contributed by atoms with E-state index in [0.29, 0.717) is 12.2 Å². The van der Waals surface area contributed by atoms with Crippen LogP contribution in [-0.2, 0) is 6.54 Å². The van der Waals surface area contributed by atoms with Crippen molar-refractivity contribution in [2.45, 2.75) is 19.5 Å². The summed E-state index contributed by atoms with van der Waals surface area (Å²) in [4.78, 5) is 23.3. The van der Waals surface area contributed by atoms with Crippen molar-refractivity contribution in [3.8, 4) is 11.3 Å². The van der Waals surface area contributed by atoms with E-state index in [0.717, 1.165) is 33.5 Å². The summed E-state index contributed by atoms with van der Waals surface area (Å²) in [5.41, 5.74) is 4.51. The van der Waals surface area contributed by atoms with Crippen LogP contribution in [0, 0.1) is 0 Å². The maximum atomic E-state index is 13.2. The number of pyridine rings is 1. The highest BCUT2D eigenvalue weighted by atomic mass is 79.9. The Kier molecular flexibility index (Phi) is 4.01. The molecule has 0 bridgehead atoms. The molecule has 0 fully saturated rings. The average Bonchev–Trinajstić information content (AvgIpc) is 3.32. The van der Waals surface area contributed by atoms with Crippen molar-refractivity contribution in [2.24, 2.45) is 0 Å². The van der Waals surface area contributed by atoms with Crippen LogP contribution in [0.25, 0.3) is 16.8 Å². The molecule has 1 aliphatic heterocycles. The lowest BCUT2D eigenvalue weighted by Gasteiger charge is -2.35. The Labute approximate surface area is 169 Å². The molecule has 0 saturated carbocycles. The lowest BCUT2D eigenvalue weighted by Crippen LogP contribution is -2.41. The molecule has 0 radical (unpaired) electrons. The summed E-state index contributed by atoms with van der Waals surface area (Å²) in [6.07, 6.45) is 7.00. The maximum absolute atomic E-state index is 13.2. The van der Waals surface area contributed by atoms with E-state index in [9.17, 15) is 4.79 Å². The number of nitrogens with zero attached hydrogens (tertiary/aromatic N) is 6. The third-order valence-electron chi connectivity index (χ3n) is 5.23. The molecule has 4 aromatic heterocycles. The summed E-state index contributed by atoms with van der Waals surface area (Å²) in [5.74, 6) is -0.0515. The Morgan fingerprint density at radius 3 is 2.79 bits per heavy atom. The van der Waals surface area contributed by atoms with Crippen LogP contribution in [0.2, 0.25) is 0 Å². The number of fused-ring (bicyclic) bond motifs is 2. The second kappa shape index (κ2) is 6.56. The van der Waals surface area contributed by atoms with Crippen LogP contribution in [-0.4, -0.2) is 41.5 Å². The van der Waals surface area contributed by atoms with Crippen LogP contribution in [0.4, 0.5) is 0 Å². The van der Waals surface area contributed by atoms with Gasteiger partial charge in [0.1, 0.15) is 6.33 Å². The van der Waals surface area contributed by atoms with Crippen LogP contribution in [0.15, 0.2) is 59.7 Å². The highest BCUT2D eigenvalue weighted by Gasteiger charge is 2.31. The number of carbonyl (C=O) groups excluding carboxylic acids is 1. The van der Waals surface area contributed by atoms with Gasteiger partial charge in [-0.05, 0) is 53.2 Å². The standard InChI is InChI=1S/C20H17BrN6O/c1-13-18-4-5-19(14-9-22-12-23-10-14)26(18)7-6-25(13)20(28)17-8-16-3-2-15(21)11-27(16)24-17/h2-5,8-13H,6-7H2,1H3. The predicted molar refractivity (Wildman–Crippen MR) is 108 cm³/mol. The van der Waals surface area contributed by atoms with Crippen molar-refractivity contribution in [1.29, 1.82) is 0 Å². The largest absolute Gasteiger partial charge is 0.341 e. The zero-order valence-corrected chi connectivity index (χ0v) is 16.7. The molecule has 8 heteroatoms. The summed E-state index contributed by atoms with van der Waals surface area (Å²) < 4.78 is 4.89. The van der Waals surface area contributed by atoms with Crippen molar-refractivity contribution in [3.63, 3.8) is 0 Å². The molecule has 0 saturated heterocycles. The van der Waals surface area contributed by atoms with E-state index in [2.05, 4.69) is 54.6 Å². The molecule has 0 aromatic carbocycles. The van der Waals surface area contributed by atoms with Gasteiger partial charge in [0.05, 0.1) is 17.3 Å². The van der Waals surface area contributed by atoms with Gasteiger partial charge in [-0.25, -0.2) is 14.5 Å². The molecule has 1 unspecified atom stereocenters. The normalized spacial score (nSPS) is 16.4. The Morgan fingerprint density at radius 1 is 1.14 bits per heavy atom. The molecule has 0 N–H and O–H groups in total. The Balaban J connectivity index is 1.46. The fourth-order valence-corrected chi connectivity index (χ4v) is 4.16. The lowest BCUT2D eigenvalue weighted by molar-refractivity contribution is 0.0638. The van der Waals surface area contributed by atoms with E-state index in [-0.39, 0.29) is 11.9 Å². The van der Waals surface area contributed by atoms with E-state index in [1.54, 1.807) is 4.52 Å². The van der Waals surface area contributed by atoms with Gasteiger partial charge in [-0.1, -0.05) is 0 Å². The van der Waals surface area contributed by atoms with Crippen molar-refractivity contribution in [3.05, 3.63) is 71.1 Å². The first-order valence-corrected chi connectivity index (χ1v) is 9.82. The Bertz CT molecular complexity index is 1180. The molecule has 0 aliphatic carbocycles. The number of aromatic nitrogens is 5. The number of carbonyl (C=O) groups is 1. The van der Waals surface area contributed by atoms with Gasteiger partial charge in [0.25, 0.3) is 5.91 Å². The smallest absolute Gasteiger partial charge is 0.275 e. The summed E-state index contributed by atoms with van der Waals surface area (Å²) in [7, 11) is 0. The van der Waals surface area contributed by atoms with Crippen LogP contribution in [0.5, 0.6) is 0 Å². The molecule has 140 valence electrons. The molecule has 1 amide bonds. The van der Waals surface area contributed by atoms with Gasteiger partial charge in [-0.2, -0.15) is 5.10 Å². The second-order valence-electron chi connectivity index (χ2n) is 6.84. The zero-order valence-electron chi connectivity index (χ0n) is 15.2. The number of hydrogen-bond acceptors (Lipinski definition) is 4. The molecule has 4 aromatic rings. The van der Waals surface area contributed by atoms with Crippen molar-refractivity contribution in [1.82, 2.24) is 29.0 Å². The van der Waals surface area contributed by atoms with Crippen LogP contribution in [0.3, 0.4) is 0 Å². The quantitative estimate of drug-likeness (QED) is 0.481. The molecule has 5 rings (SSSR count). The van der Waals surface area contributed by atoms with Gasteiger partial charge >= 0.3 is 0 Å². The van der Waals surface area contributed by atoms with Gasteiger partial charge < -0.3 is 9.47 Å². The topological polar surface area (TPSA) is 68.3 Å². The molecule has 1 atom stereocenters. The molecule has 1 aliphatic rings. The van der Waals surface area contributed by atoms with Gasteiger partial charge in [-0.3, -0.25) is 4.79 Å². The summed E-state index contributed by atoms with van der Waals surface area (Å²) in [6.45, 7) is 3.40. The zero-order chi connectivity index (χ0) is 19.3. The van der Waals surface area contributed by atoms with E-state index < -0.39 is 0 Å². The highest BCUT2D eigenvalue weighted by Crippen LogP contribution is 2.32. The van der Waals surface area contributed by atoms with E-state index >= 15 is 0 Å². The first-order chi connectivity index (χ1) is 13.6. The van der Waals surface area contributed by atoms with E-state index in [4.69, 9.17) is 0 Å². The van der Waals surface area contributed by atoms with Crippen molar-refractivity contribution >= 4 is 27.4 Å². The fraction of sp³-hybridized carbons (Fsp3) is 0.200. The summed E-state index contributed by atoms with van der Waals surface area (Å²) >= 11 is 3.44. The second-order valence-corrected chi connectivity index (χ2v) is 7.76. The Hall–Kier alpha value is -3.00. The SMILES string of the molecule is CC1c2ccc(-c3cncnc3)n2CCN1C(=O)c1cc2ccc(Br)cn2n1. The predicted octanol–water partition coefficient (Wildman–Crippen LogP) is 3.57. The van der Waals surface area contributed by atoms with Crippen LogP contribution < -0.4 is 0 Å². The van der Waals surface area contributed by atoms with Crippen LogP contribution in [0.1, 0.15) is 29.1 Å². The number of hydrogen-bond donors (Lipinski definition) is 0. The number of rotatable bonds is 2. The van der Waals surface area contributed by atoms with Crippen molar-refractivity contribution in [2.75, 3.05) is 6.54 Å². The molecule has 7 nitrogen and oxygen atoms in total. The van der Waals surface area contributed by atoms with Gasteiger partial charge in [0.2, 0.25) is 0 Å². The van der Waals surface area contributed by atoms with Gasteiger partial charge in [-0.15, -0.1) is 0 Å². The van der Waals surface area contributed by atoms with Crippen molar-refractivity contribution < 1.29 is 4.79 Å². The Morgan fingerprint density at radius 2 is 1.96 bits per heavy atom. The van der Waals surface area contributed by atoms with E-state index in [1.807, 2.05) is 41.7 Å². The third-order valence-corrected chi connectivity index (χ3v) is 5.70. The molecular weight excluding hydrogens is 420 g/mol. The first kappa shape index (κ1) is 17.1. The minimum Gasteiger partial charge on any atom is -0.341 e. The number of halogens is 1. The minimum absolute atomic E-state index is 0.0452. The van der Waals surface area contributed by atoms with Gasteiger partial charge in [0.15, 0.2) is 5.69 Å². The maximum Gasteiger partial charge on any atom is 0.275 e. The lowest BCUT2D eigenvalue weighted by atomic mass is 10.1. The minimum atomic E-state index is -0.0515. The monoisotopic (exact) mass is 436 g/mol. The molecule has 5 heterocycles. The summed E-state index contributed by atoms with van der Waals surface area (Å²) in [5, 5.41) is 4.46. The first-order valence-electron chi connectivity index (χ1n) is 9.02. The number of amides is 1. The van der Waals surface area contributed by atoms with Crippen LogP contribution >= 0.6 is 15.9 Å². The third kappa shape index (κ3) is 2.72. The average molecular weight is 437 g/mol. The highest BCUT2D eigenvalue weighted by molar-refractivity contribution is 9.10. The fourth-order valence-electron chi connectivity index (χ4n) is 3.83.